The second-order valence-electron chi connectivity index (χ2n) is 8.10. The fraction of sp³-hybridized carbons (Fsp3) is 0.478. The molecule has 0 aliphatic heterocycles. The van der Waals surface area contributed by atoms with Gasteiger partial charge in [-0.3, -0.25) is 14.2 Å². The highest BCUT2D eigenvalue weighted by Crippen LogP contribution is 2.32. The third-order valence-corrected chi connectivity index (χ3v) is 7.70. The van der Waals surface area contributed by atoms with E-state index < -0.39 is 6.04 Å². The average molecular weight is 473 g/mol. The molecule has 4 rings (SSSR count). The van der Waals surface area contributed by atoms with Gasteiger partial charge in [-0.05, 0) is 36.3 Å². The van der Waals surface area contributed by atoms with Crippen molar-refractivity contribution in [1.29, 1.82) is 0 Å². The summed E-state index contributed by atoms with van der Waals surface area (Å²) in [6.07, 6.45) is 9.35. The minimum atomic E-state index is -0.659. The molecule has 0 bridgehead atoms. The highest BCUT2D eigenvalue weighted by Gasteiger charge is 2.28. The van der Waals surface area contributed by atoms with Gasteiger partial charge in [0.1, 0.15) is 6.04 Å². The molecule has 3 aromatic rings. The van der Waals surface area contributed by atoms with E-state index in [2.05, 4.69) is 22.2 Å². The zero-order chi connectivity index (χ0) is 22.5. The number of carbonyl (C=O) groups excluding carboxylic acids is 1. The molecule has 1 atom stereocenters. The van der Waals surface area contributed by atoms with E-state index in [1.807, 2.05) is 18.2 Å². The topological polar surface area (TPSA) is 97.1 Å². The number of nitrogens with one attached hydrogen (secondary N) is 1. The molecule has 1 aromatic carbocycles. The van der Waals surface area contributed by atoms with E-state index in [0.29, 0.717) is 33.3 Å². The molecule has 2 N–H and O–H groups in total. The number of aliphatic hydroxyl groups excluding tert-OH is 1. The lowest BCUT2D eigenvalue weighted by Gasteiger charge is -2.27. The molecule has 32 heavy (non-hydrogen) atoms. The standard InChI is InChI=1S/C23H28N4O3S2/c1-2-31-16-8-9-18-19(11-16)25-14-27(22(18)30)20(10-15-6-4-3-5-7-15)21(29)26-23-24-12-17(13-28)32-23/h8-9,11-12,14-15,20,28H,2-7,10,13H2,1H3,(H,24,26,29). The van der Waals surface area contributed by atoms with Gasteiger partial charge in [-0.1, -0.05) is 50.4 Å². The van der Waals surface area contributed by atoms with Gasteiger partial charge in [0.05, 0.1) is 28.7 Å². The van der Waals surface area contributed by atoms with E-state index in [4.69, 9.17) is 0 Å². The van der Waals surface area contributed by atoms with Crippen LogP contribution in [0.15, 0.2) is 40.4 Å². The molecule has 0 radical (unpaired) electrons. The molecule has 2 heterocycles. The molecule has 1 aliphatic rings. The first kappa shape index (κ1) is 22.9. The summed E-state index contributed by atoms with van der Waals surface area (Å²) in [7, 11) is 0. The number of thiazole rings is 1. The number of amides is 1. The number of carbonyl (C=O) groups is 1. The average Bonchev–Trinajstić information content (AvgIpc) is 3.26. The van der Waals surface area contributed by atoms with E-state index in [0.717, 1.165) is 36.3 Å². The molecule has 0 saturated heterocycles. The molecule has 9 heteroatoms. The minimum Gasteiger partial charge on any atom is -0.391 e. The van der Waals surface area contributed by atoms with Crippen LogP contribution in [0.2, 0.25) is 0 Å². The summed E-state index contributed by atoms with van der Waals surface area (Å²) >= 11 is 2.94. The van der Waals surface area contributed by atoms with E-state index in [-0.39, 0.29) is 18.1 Å². The van der Waals surface area contributed by atoms with Crippen molar-refractivity contribution >= 4 is 45.0 Å². The maximum Gasteiger partial charge on any atom is 0.261 e. The summed E-state index contributed by atoms with van der Waals surface area (Å²) < 4.78 is 1.49. The first-order valence-electron chi connectivity index (χ1n) is 11.1. The summed E-state index contributed by atoms with van der Waals surface area (Å²) in [5.41, 5.74) is 0.447. The number of thioether (sulfide) groups is 1. The predicted molar refractivity (Wildman–Crippen MR) is 129 cm³/mol. The Bertz CT molecular complexity index is 1140. The summed E-state index contributed by atoms with van der Waals surface area (Å²) in [6, 6.07) is 5.01. The number of hydrogen-bond acceptors (Lipinski definition) is 7. The minimum absolute atomic E-state index is 0.120. The van der Waals surface area contributed by atoms with Crippen LogP contribution >= 0.6 is 23.1 Å². The van der Waals surface area contributed by atoms with Crippen molar-refractivity contribution in [2.24, 2.45) is 5.92 Å². The lowest BCUT2D eigenvalue weighted by Crippen LogP contribution is -2.35. The zero-order valence-electron chi connectivity index (χ0n) is 18.1. The SMILES string of the molecule is CCSc1ccc2c(=O)n(C(CC3CCCCC3)C(=O)Nc3ncc(CO)s3)cnc2c1. The van der Waals surface area contributed by atoms with Gasteiger partial charge < -0.3 is 10.4 Å². The van der Waals surface area contributed by atoms with Crippen LogP contribution in [-0.4, -0.2) is 31.3 Å². The quantitative estimate of drug-likeness (QED) is 0.465. The van der Waals surface area contributed by atoms with Crippen molar-refractivity contribution < 1.29 is 9.90 Å². The molecule has 1 amide bonds. The van der Waals surface area contributed by atoms with Crippen LogP contribution in [0.5, 0.6) is 0 Å². The molecule has 7 nitrogen and oxygen atoms in total. The summed E-state index contributed by atoms with van der Waals surface area (Å²) in [5.74, 6) is 1.08. The Morgan fingerprint density at radius 2 is 2.12 bits per heavy atom. The summed E-state index contributed by atoms with van der Waals surface area (Å²) in [4.78, 5) is 37.1. The fourth-order valence-corrected chi connectivity index (χ4v) is 5.67. The third-order valence-electron chi connectivity index (χ3n) is 5.93. The Balaban J connectivity index is 1.67. The number of hydrogen-bond donors (Lipinski definition) is 2. The van der Waals surface area contributed by atoms with Gasteiger partial charge >= 0.3 is 0 Å². The Morgan fingerprint density at radius 3 is 2.84 bits per heavy atom. The Hall–Kier alpha value is -2.23. The van der Waals surface area contributed by atoms with Gasteiger partial charge in [0, 0.05) is 11.1 Å². The highest BCUT2D eigenvalue weighted by molar-refractivity contribution is 7.99. The Kier molecular flexibility index (Phi) is 7.59. The maximum absolute atomic E-state index is 13.4. The van der Waals surface area contributed by atoms with Gasteiger partial charge in [0.2, 0.25) is 5.91 Å². The first-order valence-corrected chi connectivity index (χ1v) is 12.9. The fourth-order valence-electron chi connectivity index (χ4n) is 4.31. The van der Waals surface area contributed by atoms with Crippen molar-refractivity contribution in [1.82, 2.24) is 14.5 Å². The molecule has 1 unspecified atom stereocenters. The van der Waals surface area contributed by atoms with Crippen LogP contribution in [0.4, 0.5) is 5.13 Å². The van der Waals surface area contributed by atoms with Gasteiger partial charge in [0.15, 0.2) is 5.13 Å². The second-order valence-corrected chi connectivity index (χ2v) is 10.6. The van der Waals surface area contributed by atoms with Crippen LogP contribution in [0.3, 0.4) is 0 Å². The van der Waals surface area contributed by atoms with Crippen LogP contribution in [0.25, 0.3) is 10.9 Å². The third kappa shape index (κ3) is 5.22. The van der Waals surface area contributed by atoms with Gasteiger partial charge in [0.25, 0.3) is 5.56 Å². The predicted octanol–water partition coefficient (Wildman–Crippen LogP) is 4.61. The molecular weight excluding hydrogens is 444 g/mol. The van der Waals surface area contributed by atoms with Crippen molar-refractivity contribution in [3.63, 3.8) is 0 Å². The molecule has 170 valence electrons. The number of aliphatic hydroxyl groups is 1. The normalized spacial score (nSPS) is 15.7. The molecular formula is C23H28N4O3S2. The van der Waals surface area contributed by atoms with E-state index in [9.17, 15) is 14.7 Å². The van der Waals surface area contributed by atoms with Crippen molar-refractivity contribution in [3.05, 3.63) is 46.0 Å². The Labute approximate surface area is 195 Å². The van der Waals surface area contributed by atoms with E-state index >= 15 is 0 Å². The van der Waals surface area contributed by atoms with Crippen LogP contribution in [0, 0.1) is 5.92 Å². The Morgan fingerprint density at radius 1 is 1.31 bits per heavy atom. The van der Waals surface area contributed by atoms with E-state index in [1.165, 1.54) is 28.7 Å². The smallest absolute Gasteiger partial charge is 0.261 e. The highest BCUT2D eigenvalue weighted by atomic mass is 32.2. The number of fused-ring (bicyclic) bond motifs is 1. The van der Waals surface area contributed by atoms with Gasteiger partial charge in [-0.15, -0.1) is 11.8 Å². The molecule has 1 fully saturated rings. The number of benzene rings is 1. The molecule has 0 spiro atoms. The molecule has 1 saturated carbocycles. The number of aromatic nitrogens is 3. The molecule has 2 aromatic heterocycles. The second kappa shape index (κ2) is 10.6. The van der Waals surface area contributed by atoms with E-state index in [1.54, 1.807) is 18.0 Å². The van der Waals surface area contributed by atoms with Crippen LogP contribution in [0.1, 0.15) is 56.4 Å². The van der Waals surface area contributed by atoms with Crippen molar-refractivity contribution in [3.8, 4) is 0 Å². The summed E-state index contributed by atoms with van der Waals surface area (Å²) in [6.45, 7) is 1.96. The lowest BCUT2D eigenvalue weighted by atomic mass is 9.84. The van der Waals surface area contributed by atoms with Crippen molar-refractivity contribution in [2.75, 3.05) is 11.1 Å². The zero-order valence-corrected chi connectivity index (χ0v) is 19.8. The largest absolute Gasteiger partial charge is 0.391 e. The monoisotopic (exact) mass is 472 g/mol. The van der Waals surface area contributed by atoms with Crippen LogP contribution < -0.4 is 10.9 Å². The number of rotatable bonds is 8. The maximum atomic E-state index is 13.4. The number of nitrogens with zero attached hydrogens (tertiary/aromatic N) is 3. The van der Waals surface area contributed by atoms with Crippen LogP contribution in [-0.2, 0) is 11.4 Å². The number of anilines is 1. The van der Waals surface area contributed by atoms with Gasteiger partial charge in [-0.2, -0.15) is 0 Å². The molecule has 1 aliphatic carbocycles. The first-order chi connectivity index (χ1) is 15.6. The van der Waals surface area contributed by atoms with Gasteiger partial charge in [-0.25, -0.2) is 9.97 Å². The summed E-state index contributed by atoms with van der Waals surface area (Å²) in [5, 5.41) is 13.1. The van der Waals surface area contributed by atoms with Crippen molar-refractivity contribution in [2.45, 2.75) is 63.0 Å². The lowest BCUT2D eigenvalue weighted by molar-refractivity contribution is -0.120.